The molecule has 0 aliphatic rings. The number of amides is 1. The summed E-state index contributed by atoms with van der Waals surface area (Å²) in [5.41, 5.74) is 6.38. The second-order valence-electron chi connectivity index (χ2n) is 5.41. The Morgan fingerprint density at radius 1 is 1.39 bits per heavy atom. The molecule has 0 bridgehead atoms. The lowest BCUT2D eigenvalue weighted by molar-refractivity contribution is 0.1000. The van der Waals surface area contributed by atoms with Crippen molar-refractivity contribution in [3.05, 3.63) is 46.9 Å². The number of primary amides is 1. The van der Waals surface area contributed by atoms with Crippen molar-refractivity contribution in [1.82, 2.24) is 4.98 Å². The van der Waals surface area contributed by atoms with Gasteiger partial charge in [0.15, 0.2) is 0 Å². The average Bonchev–Trinajstić information content (AvgIpc) is 2.48. The number of aromatic nitrogens is 1. The molecule has 122 valence electrons. The Bertz CT molecular complexity index is 736. The third-order valence-electron chi connectivity index (χ3n) is 3.49. The van der Waals surface area contributed by atoms with E-state index in [0.717, 1.165) is 0 Å². The van der Waals surface area contributed by atoms with Gasteiger partial charge < -0.3 is 16.0 Å². The molecule has 1 aromatic carbocycles. The van der Waals surface area contributed by atoms with Crippen LogP contribution in [0.5, 0.6) is 0 Å². The third-order valence-corrected chi connectivity index (χ3v) is 3.78. The van der Waals surface area contributed by atoms with Gasteiger partial charge in [0.05, 0.1) is 16.3 Å². The Morgan fingerprint density at radius 3 is 2.61 bits per heavy atom. The number of nitrogens with one attached hydrogen (secondary N) is 1. The summed E-state index contributed by atoms with van der Waals surface area (Å²) in [5, 5.41) is 3.15. The van der Waals surface area contributed by atoms with Gasteiger partial charge in [0, 0.05) is 25.0 Å². The molecule has 0 unspecified atom stereocenters. The molecule has 0 spiro atoms. The van der Waals surface area contributed by atoms with Gasteiger partial charge in [0.25, 0.3) is 0 Å². The van der Waals surface area contributed by atoms with E-state index in [4.69, 9.17) is 17.3 Å². The molecule has 7 heteroatoms. The number of carbonyl (C=O) groups is 1. The molecule has 2 aromatic rings. The number of hydrogen-bond acceptors (Lipinski definition) is 4. The zero-order valence-corrected chi connectivity index (χ0v) is 13.9. The Morgan fingerprint density at radius 2 is 2.09 bits per heavy atom. The van der Waals surface area contributed by atoms with E-state index in [1.165, 1.54) is 18.3 Å². The molecule has 2 rings (SSSR count). The van der Waals surface area contributed by atoms with E-state index in [1.54, 1.807) is 12.1 Å². The summed E-state index contributed by atoms with van der Waals surface area (Å²) in [6, 6.07) is 6.38. The van der Waals surface area contributed by atoms with Crippen molar-refractivity contribution in [2.75, 3.05) is 17.3 Å². The first-order valence-corrected chi connectivity index (χ1v) is 7.42. The minimum Gasteiger partial charge on any atom is -0.370 e. The van der Waals surface area contributed by atoms with Crippen LogP contribution in [0.1, 0.15) is 24.2 Å². The summed E-state index contributed by atoms with van der Waals surface area (Å²) in [7, 11) is 1.83. The molecule has 0 fully saturated rings. The predicted molar refractivity (Wildman–Crippen MR) is 91.0 cm³/mol. The fourth-order valence-corrected chi connectivity index (χ4v) is 2.16. The van der Waals surface area contributed by atoms with Crippen molar-refractivity contribution in [3.8, 4) is 0 Å². The molecule has 0 saturated carbocycles. The summed E-state index contributed by atoms with van der Waals surface area (Å²) in [6.07, 6.45) is 1.31. The summed E-state index contributed by atoms with van der Waals surface area (Å²) >= 11 is 6.05. The Balaban J connectivity index is 2.24. The molecule has 0 atom stereocenters. The highest BCUT2D eigenvalue weighted by Gasteiger charge is 2.12. The monoisotopic (exact) mass is 336 g/mol. The molecule has 0 saturated heterocycles. The van der Waals surface area contributed by atoms with Crippen LogP contribution in [-0.2, 0) is 0 Å². The minimum absolute atomic E-state index is 0.181. The molecule has 3 N–H and O–H groups in total. The van der Waals surface area contributed by atoms with Gasteiger partial charge in [-0.1, -0.05) is 11.6 Å². The maximum atomic E-state index is 14.2. The van der Waals surface area contributed by atoms with Gasteiger partial charge in [-0.3, -0.25) is 4.79 Å². The van der Waals surface area contributed by atoms with E-state index < -0.39 is 5.91 Å². The van der Waals surface area contributed by atoms with Crippen molar-refractivity contribution in [2.45, 2.75) is 19.9 Å². The van der Waals surface area contributed by atoms with E-state index in [-0.39, 0.29) is 22.4 Å². The largest absolute Gasteiger partial charge is 0.370 e. The van der Waals surface area contributed by atoms with Crippen LogP contribution >= 0.6 is 11.6 Å². The van der Waals surface area contributed by atoms with E-state index >= 15 is 0 Å². The highest BCUT2D eigenvalue weighted by Crippen LogP contribution is 2.27. The second-order valence-corrected chi connectivity index (χ2v) is 5.82. The van der Waals surface area contributed by atoms with Crippen molar-refractivity contribution in [2.24, 2.45) is 5.73 Å². The van der Waals surface area contributed by atoms with Crippen LogP contribution < -0.4 is 16.0 Å². The zero-order valence-electron chi connectivity index (χ0n) is 13.1. The van der Waals surface area contributed by atoms with Crippen LogP contribution in [0.3, 0.4) is 0 Å². The Kier molecular flexibility index (Phi) is 5.05. The van der Waals surface area contributed by atoms with E-state index in [1.807, 2.05) is 25.8 Å². The maximum absolute atomic E-state index is 14.2. The van der Waals surface area contributed by atoms with Crippen LogP contribution in [0.4, 0.5) is 21.6 Å². The first kappa shape index (κ1) is 17.0. The molecular weight excluding hydrogens is 319 g/mol. The Hall–Kier alpha value is -2.34. The molecule has 23 heavy (non-hydrogen) atoms. The summed E-state index contributed by atoms with van der Waals surface area (Å²) < 4.78 is 14.2. The summed E-state index contributed by atoms with van der Waals surface area (Å²) in [6.45, 7) is 3.96. The minimum atomic E-state index is -0.613. The zero-order chi connectivity index (χ0) is 17.1. The molecule has 0 aliphatic carbocycles. The lowest BCUT2D eigenvalue weighted by Crippen LogP contribution is -2.26. The molecule has 1 heterocycles. The number of anilines is 3. The fraction of sp³-hybridized carbons (Fsp3) is 0.250. The van der Waals surface area contributed by atoms with Crippen LogP contribution in [0.15, 0.2) is 30.5 Å². The second kappa shape index (κ2) is 6.83. The maximum Gasteiger partial charge on any atom is 0.250 e. The number of halogens is 2. The van der Waals surface area contributed by atoms with Gasteiger partial charge in [0.1, 0.15) is 11.6 Å². The predicted octanol–water partition coefficient (Wildman–Crippen LogP) is 3.56. The van der Waals surface area contributed by atoms with Crippen LogP contribution in [0.2, 0.25) is 5.02 Å². The van der Waals surface area contributed by atoms with Gasteiger partial charge in [-0.05, 0) is 38.1 Å². The molecule has 0 aliphatic heterocycles. The number of pyridine rings is 1. The van der Waals surface area contributed by atoms with Crippen LogP contribution in [0.25, 0.3) is 0 Å². The van der Waals surface area contributed by atoms with Crippen molar-refractivity contribution >= 4 is 34.7 Å². The number of nitrogens with two attached hydrogens (primary N) is 1. The van der Waals surface area contributed by atoms with E-state index in [2.05, 4.69) is 10.3 Å². The number of benzene rings is 1. The van der Waals surface area contributed by atoms with Gasteiger partial charge in [-0.25, -0.2) is 9.37 Å². The number of hydrogen-bond donors (Lipinski definition) is 2. The van der Waals surface area contributed by atoms with Crippen molar-refractivity contribution < 1.29 is 9.18 Å². The van der Waals surface area contributed by atoms with Gasteiger partial charge in [-0.15, -0.1) is 0 Å². The molecular formula is C16H18ClFN4O. The molecule has 1 amide bonds. The molecule has 5 nitrogen and oxygen atoms in total. The standard InChI is InChI=1S/C16H18ClFN4O/c1-9(2)22(3)14-5-4-11(7-13(14)18)21-16-12(17)6-10(8-20-16)15(19)23/h4-9H,1-3H3,(H2,19,23)(H,20,21). The SMILES string of the molecule is CC(C)N(C)c1ccc(Nc2ncc(C(N)=O)cc2Cl)cc1F. The summed E-state index contributed by atoms with van der Waals surface area (Å²) in [5.74, 6) is -0.643. The quantitative estimate of drug-likeness (QED) is 0.875. The lowest BCUT2D eigenvalue weighted by Gasteiger charge is -2.24. The topological polar surface area (TPSA) is 71.2 Å². The number of nitrogens with zero attached hydrogens (tertiary/aromatic N) is 2. The first-order valence-electron chi connectivity index (χ1n) is 7.04. The van der Waals surface area contributed by atoms with E-state index in [0.29, 0.717) is 17.2 Å². The number of rotatable bonds is 5. The first-order chi connectivity index (χ1) is 10.8. The van der Waals surface area contributed by atoms with Gasteiger partial charge >= 0.3 is 0 Å². The highest BCUT2D eigenvalue weighted by atomic mass is 35.5. The fourth-order valence-electron chi connectivity index (χ4n) is 1.95. The third kappa shape index (κ3) is 3.90. The van der Waals surface area contributed by atoms with E-state index in [9.17, 15) is 9.18 Å². The van der Waals surface area contributed by atoms with Gasteiger partial charge in [0.2, 0.25) is 5.91 Å². The van der Waals surface area contributed by atoms with Gasteiger partial charge in [-0.2, -0.15) is 0 Å². The summed E-state index contributed by atoms with van der Waals surface area (Å²) in [4.78, 5) is 16.9. The molecule has 1 aromatic heterocycles. The lowest BCUT2D eigenvalue weighted by atomic mass is 10.2. The number of carbonyl (C=O) groups excluding carboxylic acids is 1. The average molecular weight is 337 g/mol. The van der Waals surface area contributed by atoms with Crippen molar-refractivity contribution in [3.63, 3.8) is 0 Å². The Labute approximate surface area is 139 Å². The highest BCUT2D eigenvalue weighted by molar-refractivity contribution is 6.33. The van der Waals surface area contributed by atoms with Crippen molar-refractivity contribution in [1.29, 1.82) is 0 Å². The van der Waals surface area contributed by atoms with Crippen LogP contribution in [0, 0.1) is 5.82 Å². The normalized spacial score (nSPS) is 10.7. The van der Waals surface area contributed by atoms with Crippen LogP contribution in [-0.4, -0.2) is 24.0 Å². The smallest absolute Gasteiger partial charge is 0.250 e. The molecule has 0 radical (unpaired) electrons.